The van der Waals surface area contributed by atoms with Crippen LogP contribution in [0.15, 0.2) is 59.8 Å². The molecule has 1 atom stereocenters. The zero-order chi connectivity index (χ0) is 28.4. The summed E-state index contributed by atoms with van der Waals surface area (Å²) in [6.07, 6.45) is 5.49. The van der Waals surface area contributed by atoms with E-state index < -0.39 is 29.4 Å². The third-order valence-electron chi connectivity index (χ3n) is 7.69. The Labute approximate surface area is 230 Å². The Morgan fingerprint density at radius 3 is 2.45 bits per heavy atom. The Bertz CT molecular complexity index is 1410. The molecule has 2 aromatic rings. The fourth-order valence-corrected chi connectivity index (χ4v) is 5.55. The molecule has 0 radical (unpaired) electrons. The molecule has 0 saturated carbocycles. The van der Waals surface area contributed by atoms with Crippen molar-refractivity contribution in [3.63, 3.8) is 0 Å². The van der Waals surface area contributed by atoms with Gasteiger partial charge in [0.05, 0.1) is 0 Å². The summed E-state index contributed by atoms with van der Waals surface area (Å²) in [7, 11) is 0. The minimum absolute atomic E-state index is 0.107. The zero-order valence-electron chi connectivity index (χ0n) is 22.0. The molecule has 2 aliphatic heterocycles. The molecule has 1 aliphatic carbocycles. The fourth-order valence-electron chi connectivity index (χ4n) is 5.55. The van der Waals surface area contributed by atoms with Gasteiger partial charge in [-0.25, -0.2) is 13.2 Å². The van der Waals surface area contributed by atoms with Crippen molar-refractivity contribution in [3.8, 4) is 0 Å². The van der Waals surface area contributed by atoms with Gasteiger partial charge in [0.25, 0.3) is 0 Å². The lowest BCUT2D eigenvalue weighted by Crippen LogP contribution is -2.46. The van der Waals surface area contributed by atoms with Crippen molar-refractivity contribution >= 4 is 17.7 Å². The van der Waals surface area contributed by atoms with Crippen LogP contribution in [0.2, 0.25) is 0 Å². The van der Waals surface area contributed by atoms with Crippen LogP contribution in [0.5, 0.6) is 0 Å². The van der Waals surface area contributed by atoms with Gasteiger partial charge < -0.3 is 20.4 Å². The molecule has 3 aliphatic rings. The van der Waals surface area contributed by atoms with E-state index in [2.05, 4.69) is 6.07 Å². The minimum Gasteiger partial charge on any atom is -0.336 e. The van der Waals surface area contributed by atoms with Gasteiger partial charge in [0.1, 0.15) is 18.9 Å². The molecule has 5 rings (SSSR count). The van der Waals surface area contributed by atoms with Crippen LogP contribution >= 0.6 is 0 Å². The van der Waals surface area contributed by atoms with Crippen molar-refractivity contribution in [3.05, 3.63) is 94.0 Å². The molecule has 0 spiro atoms. The molecule has 2 N–H and O–H groups in total. The van der Waals surface area contributed by atoms with Gasteiger partial charge in [-0.1, -0.05) is 36.4 Å². The molecule has 0 bridgehead atoms. The first-order valence-corrected chi connectivity index (χ1v) is 13.4. The summed E-state index contributed by atoms with van der Waals surface area (Å²) in [5.41, 5.74) is 9.79. The average molecular weight is 553 g/mol. The second-order valence-corrected chi connectivity index (χ2v) is 10.5. The molecular weight excluding hydrogens is 521 g/mol. The normalized spacial score (nSPS) is 17.9. The Kier molecular flexibility index (Phi) is 8.07. The first kappa shape index (κ1) is 27.6. The predicted octanol–water partition coefficient (Wildman–Crippen LogP) is 3.22. The Morgan fingerprint density at radius 2 is 1.65 bits per heavy atom. The number of rotatable bonds is 6. The first-order chi connectivity index (χ1) is 19.2. The first-order valence-electron chi connectivity index (χ1n) is 13.4. The average Bonchev–Trinajstić information content (AvgIpc) is 3.07. The van der Waals surface area contributed by atoms with Gasteiger partial charge in [0.2, 0.25) is 17.7 Å². The molecule has 0 saturated heterocycles. The summed E-state index contributed by atoms with van der Waals surface area (Å²) in [6.45, 7) is 0.895. The van der Waals surface area contributed by atoms with Crippen molar-refractivity contribution in [2.24, 2.45) is 5.73 Å². The number of fused-ring (bicyclic) bond motifs is 1. The summed E-state index contributed by atoms with van der Waals surface area (Å²) in [5, 5.41) is 0. The zero-order valence-corrected chi connectivity index (χ0v) is 22.0. The number of hydrogen-bond acceptors (Lipinski definition) is 4. The van der Waals surface area contributed by atoms with Crippen LogP contribution in [0.25, 0.3) is 0 Å². The van der Waals surface area contributed by atoms with Crippen LogP contribution in [0.3, 0.4) is 0 Å². The summed E-state index contributed by atoms with van der Waals surface area (Å²) in [5.74, 6) is -4.37. The third kappa shape index (κ3) is 5.96. The number of hydrogen-bond donors (Lipinski definition) is 1. The highest BCUT2D eigenvalue weighted by atomic mass is 19.2. The van der Waals surface area contributed by atoms with E-state index in [1.165, 1.54) is 15.4 Å². The number of carbonyl (C=O) groups excluding carboxylic acids is 3. The van der Waals surface area contributed by atoms with Crippen molar-refractivity contribution < 1.29 is 27.6 Å². The van der Waals surface area contributed by atoms with E-state index in [-0.39, 0.29) is 49.9 Å². The van der Waals surface area contributed by atoms with E-state index >= 15 is 0 Å². The van der Waals surface area contributed by atoms with Crippen LogP contribution in [-0.2, 0) is 33.8 Å². The minimum atomic E-state index is -1.30. The highest BCUT2D eigenvalue weighted by Crippen LogP contribution is 2.28. The maximum Gasteiger partial charge on any atom is 0.246 e. The molecule has 2 heterocycles. The van der Waals surface area contributed by atoms with Crippen LogP contribution < -0.4 is 5.73 Å². The molecule has 3 amide bonds. The molecule has 0 unspecified atom stereocenters. The summed E-state index contributed by atoms with van der Waals surface area (Å²) >= 11 is 0. The van der Waals surface area contributed by atoms with Crippen molar-refractivity contribution in [1.29, 1.82) is 0 Å². The Balaban J connectivity index is 1.27. The lowest BCUT2D eigenvalue weighted by Gasteiger charge is -2.32. The second kappa shape index (κ2) is 11.7. The largest absolute Gasteiger partial charge is 0.336 e. The van der Waals surface area contributed by atoms with E-state index in [9.17, 15) is 27.6 Å². The van der Waals surface area contributed by atoms with Crippen molar-refractivity contribution in [2.45, 2.75) is 44.7 Å². The van der Waals surface area contributed by atoms with Crippen LogP contribution in [0.4, 0.5) is 13.2 Å². The number of halogens is 3. The van der Waals surface area contributed by atoms with Gasteiger partial charge in [0, 0.05) is 43.9 Å². The van der Waals surface area contributed by atoms with Crippen LogP contribution in [0, 0.1) is 17.5 Å². The van der Waals surface area contributed by atoms with Crippen LogP contribution in [0.1, 0.15) is 36.0 Å². The number of benzene rings is 2. The van der Waals surface area contributed by atoms with Gasteiger partial charge in [0.15, 0.2) is 11.6 Å². The molecule has 10 heteroatoms. The number of carbonyl (C=O) groups is 3. The highest BCUT2D eigenvalue weighted by Gasteiger charge is 2.33. The molecule has 40 heavy (non-hydrogen) atoms. The molecule has 2 aromatic carbocycles. The predicted molar refractivity (Wildman–Crippen MR) is 142 cm³/mol. The highest BCUT2D eigenvalue weighted by molar-refractivity contribution is 5.90. The van der Waals surface area contributed by atoms with Gasteiger partial charge in [-0.15, -0.1) is 0 Å². The number of nitrogens with two attached hydrogens (primary N) is 1. The van der Waals surface area contributed by atoms with Gasteiger partial charge >= 0.3 is 0 Å². The monoisotopic (exact) mass is 552 g/mol. The standard InChI is InChI=1S/C30H31F3N4O3/c31-24-14-26(33)25(32)12-22(24)11-23(34)13-28(38)36-16-21-7-3-4-8-27(21)37(30(40)17-36)18-29(39)35-10-9-19-5-1-2-6-20(19)15-35/h1-3,5-7,12,14,23H,4,8-11,13,15-18,34H2/t23-/m1/s1. The summed E-state index contributed by atoms with van der Waals surface area (Å²) in [4.78, 5) is 44.6. The maximum atomic E-state index is 14.1. The summed E-state index contributed by atoms with van der Waals surface area (Å²) < 4.78 is 40.9. The lowest BCUT2D eigenvalue weighted by atomic mass is 9.99. The lowest BCUT2D eigenvalue weighted by molar-refractivity contribution is -0.142. The van der Waals surface area contributed by atoms with Gasteiger partial charge in [-0.2, -0.15) is 0 Å². The van der Waals surface area contributed by atoms with Gasteiger partial charge in [-0.3, -0.25) is 14.4 Å². The second-order valence-electron chi connectivity index (χ2n) is 10.5. The van der Waals surface area contributed by atoms with Crippen LogP contribution in [-0.4, -0.2) is 64.6 Å². The topological polar surface area (TPSA) is 87.0 Å². The summed E-state index contributed by atoms with van der Waals surface area (Å²) in [6, 6.07) is 8.32. The SMILES string of the molecule is N[C@@H](CC(=O)N1CC(=O)N(CC(=O)N2CCc3ccccc3C2)C2=C(C=CCC2)C1)Cc1cc(F)c(F)cc1F. The van der Waals surface area contributed by atoms with E-state index in [4.69, 9.17) is 5.73 Å². The van der Waals surface area contributed by atoms with Crippen molar-refractivity contribution in [1.82, 2.24) is 14.7 Å². The Hall–Kier alpha value is -3.92. The number of allylic oxidation sites excluding steroid dienone is 2. The van der Waals surface area contributed by atoms with E-state index in [0.29, 0.717) is 32.0 Å². The quantitative estimate of drug-likeness (QED) is 0.558. The van der Waals surface area contributed by atoms with E-state index in [0.717, 1.165) is 29.3 Å². The molecule has 210 valence electrons. The van der Waals surface area contributed by atoms with Crippen molar-refractivity contribution in [2.75, 3.05) is 26.2 Å². The Morgan fingerprint density at radius 1 is 0.900 bits per heavy atom. The van der Waals surface area contributed by atoms with Gasteiger partial charge in [-0.05, 0) is 54.0 Å². The third-order valence-corrected chi connectivity index (χ3v) is 7.69. The number of amides is 3. The maximum absolute atomic E-state index is 14.1. The van der Waals surface area contributed by atoms with E-state index in [1.54, 1.807) is 4.90 Å². The number of nitrogens with zero attached hydrogens (tertiary/aromatic N) is 3. The molecule has 0 aromatic heterocycles. The van der Waals surface area contributed by atoms with E-state index in [1.807, 2.05) is 30.4 Å². The smallest absolute Gasteiger partial charge is 0.246 e. The fraction of sp³-hybridized carbons (Fsp3) is 0.367. The molecule has 7 nitrogen and oxygen atoms in total. The molecular formula is C30H31F3N4O3. The molecule has 0 fully saturated rings.